The van der Waals surface area contributed by atoms with Crippen LogP contribution in [0.1, 0.15) is 12.5 Å². The standard InChI is InChI=1S/C19H17NO2S/c1-12-3-5-14(6-4-12)15-7-8-17-16(11-15)18(9-10-20-17)23-13(2)19(21)22/h3-11,13H,1-2H3,(H,21,22). The second kappa shape index (κ2) is 6.42. The lowest BCUT2D eigenvalue weighted by Crippen LogP contribution is -2.11. The molecule has 0 saturated heterocycles. The van der Waals surface area contributed by atoms with Gasteiger partial charge in [0.2, 0.25) is 0 Å². The van der Waals surface area contributed by atoms with Gasteiger partial charge in [0.05, 0.1) is 5.52 Å². The second-order valence-electron chi connectivity index (χ2n) is 5.51. The number of pyridine rings is 1. The number of thioether (sulfide) groups is 1. The number of hydrogen-bond donors (Lipinski definition) is 1. The zero-order valence-corrected chi connectivity index (χ0v) is 13.8. The van der Waals surface area contributed by atoms with Crippen molar-refractivity contribution in [1.82, 2.24) is 4.98 Å². The van der Waals surface area contributed by atoms with E-state index in [1.807, 2.05) is 12.1 Å². The Balaban J connectivity index is 2.06. The zero-order chi connectivity index (χ0) is 16.4. The van der Waals surface area contributed by atoms with Crippen molar-refractivity contribution in [3.8, 4) is 11.1 Å². The van der Waals surface area contributed by atoms with Gasteiger partial charge in [-0.1, -0.05) is 35.9 Å². The largest absolute Gasteiger partial charge is 0.480 e. The Morgan fingerprint density at radius 1 is 1.09 bits per heavy atom. The third-order valence-electron chi connectivity index (χ3n) is 3.74. The second-order valence-corrected chi connectivity index (χ2v) is 6.89. The molecule has 2 aromatic carbocycles. The molecule has 3 nitrogen and oxygen atoms in total. The lowest BCUT2D eigenvalue weighted by Gasteiger charge is -2.10. The number of benzene rings is 2. The van der Waals surface area contributed by atoms with Crippen molar-refractivity contribution in [2.75, 3.05) is 0 Å². The van der Waals surface area contributed by atoms with E-state index in [1.165, 1.54) is 17.3 Å². The highest BCUT2D eigenvalue weighted by Crippen LogP contribution is 2.32. The molecule has 1 N–H and O–H groups in total. The van der Waals surface area contributed by atoms with E-state index in [-0.39, 0.29) is 0 Å². The number of aliphatic carboxylic acids is 1. The molecule has 1 unspecified atom stereocenters. The number of rotatable bonds is 4. The first-order valence-corrected chi connectivity index (χ1v) is 8.28. The monoisotopic (exact) mass is 323 g/mol. The van der Waals surface area contributed by atoms with Gasteiger partial charge in [-0.3, -0.25) is 9.78 Å². The topological polar surface area (TPSA) is 50.2 Å². The van der Waals surface area contributed by atoms with Crippen molar-refractivity contribution in [2.45, 2.75) is 24.0 Å². The molecule has 1 heterocycles. The molecule has 0 bridgehead atoms. The highest BCUT2D eigenvalue weighted by molar-refractivity contribution is 8.00. The van der Waals surface area contributed by atoms with E-state index < -0.39 is 11.2 Å². The molecule has 0 fully saturated rings. The first-order chi connectivity index (χ1) is 11.0. The van der Waals surface area contributed by atoms with Crippen LogP contribution in [0.15, 0.2) is 59.6 Å². The van der Waals surface area contributed by atoms with Crippen molar-refractivity contribution >= 4 is 28.6 Å². The van der Waals surface area contributed by atoms with E-state index in [0.717, 1.165) is 26.9 Å². The van der Waals surface area contributed by atoms with Gasteiger partial charge in [-0.15, -0.1) is 11.8 Å². The predicted octanol–water partition coefficient (Wildman–Crippen LogP) is 4.78. The minimum atomic E-state index is -0.811. The molecule has 23 heavy (non-hydrogen) atoms. The maximum absolute atomic E-state index is 11.1. The van der Waals surface area contributed by atoms with E-state index in [1.54, 1.807) is 13.1 Å². The summed E-state index contributed by atoms with van der Waals surface area (Å²) < 4.78 is 0. The molecule has 0 spiro atoms. The van der Waals surface area contributed by atoms with E-state index in [9.17, 15) is 4.79 Å². The van der Waals surface area contributed by atoms with Crippen molar-refractivity contribution in [1.29, 1.82) is 0 Å². The molecular weight excluding hydrogens is 306 g/mol. The number of hydrogen-bond acceptors (Lipinski definition) is 3. The molecule has 0 aliphatic carbocycles. The van der Waals surface area contributed by atoms with Crippen LogP contribution in [0.3, 0.4) is 0 Å². The zero-order valence-electron chi connectivity index (χ0n) is 13.0. The Bertz CT molecular complexity index is 859. The van der Waals surface area contributed by atoms with Crippen molar-refractivity contribution < 1.29 is 9.90 Å². The smallest absolute Gasteiger partial charge is 0.316 e. The fourth-order valence-corrected chi connectivity index (χ4v) is 3.30. The maximum atomic E-state index is 11.1. The first kappa shape index (κ1) is 15.6. The molecule has 3 rings (SSSR count). The van der Waals surface area contributed by atoms with Gasteiger partial charge in [0, 0.05) is 16.5 Å². The lowest BCUT2D eigenvalue weighted by atomic mass is 10.0. The van der Waals surface area contributed by atoms with Crippen molar-refractivity contribution in [2.24, 2.45) is 0 Å². The number of aryl methyl sites for hydroxylation is 1. The molecule has 1 atom stereocenters. The summed E-state index contributed by atoms with van der Waals surface area (Å²) in [5.41, 5.74) is 4.35. The summed E-state index contributed by atoms with van der Waals surface area (Å²) >= 11 is 1.35. The Labute approximate surface area is 139 Å². The van der Waals surface area contributed by atoms with Crippen LogP contribution in [0.25, 0.3) is 22.0 Å². The summed E-state index contributed by atoms with van der Waals surface area (Å²) in [7, 11) is 0. The summed E-state index contributed by atoms with van der Waals surface area (Å²) in [5, 5.41) is 9.63. The van der Waals surface area contributed by atoms with Crippen LogP contribution in [0, 0.1) is 6.92 Å². The summed E-state index contributed by atoms with van der Waals surface area (Å²) in [6, 6.07) is 16.4. The number of nitrogens with zero attached hydrogens (tertiary/aromatic N) is 1. The van der Waals surface area contributed by atoms with Crippen LogP contribution >= 0.6 is 11.8 Å². The van der Waals surface area contributed by atoms with Gasteiger partial charge in [0.15, 0.2) is 0 Å². The highest BCUT2D eigenvalue weighted by atomic mass is 32.2. The van der Waals surface area contributed by atoms with E-state index >= 15 is 0 Å². The summed E-state index contributed by atoms with van der Waals surface area (Å²) in [4.78, 5) is 16.4. The van der Waals surface area contributed by atoms with Gasteiger partial charge in [0.25, 0.3) is 0 Å². The minimum absolute atomic E-state index is 0.497. The number of carboxylic acid groups (broad SMARTS) is 1. The molecule has 116 valence electrons. The normalized spacial score (nSPS) is 12.3. The highest BCUT2D eigenvalue weighted by Gasteiger charge is 2.14. The van der Waals surface area contributed by atoms with Gasteiger partial charge >= 0.3 is 5.97 Å². The van der Waals surface area contributed by atoms with Crippen LogP contribution in [-0.2, 0) is 4.79 Å². The molecule has 0 saturated carbocycles. The average Bonchev–Trinajstić information content (AvgIpc) is 2.55. The summed E-state index contributed by atoms with van der Waals surface area (Å²) in [5.74, 6) is -0.811. The molecule has 3 aromatic rings. The molecule has 0 aliphatic heterocycles. The number of carboxylic acids is 1. The number of aromatic nitrogens is 1. The Morgan fingerprint density at radius 3 is 2.48 bits per heavy atom. The minimum Gasteiger partial charge on any atom is -0.480 e. The first-order valence-electron chi connectivity index (χ1n) is 7.40. The van der Waals surface area contributed by atoms with Gasteiger partial charge in [-0.2, -0.15) is 0 Å². The van der Waals surface area contributed by atoms with Crippen molar-refractivity contribution in [3.63, 3.8) is 0 Å². The fraction of sp³-hybridized carbons (Fsp3) is 0.158. The maximum Gasteiger partial charge on any atom is 0.316 e. The van der Waals surface area contributed by atoms with Crippen LogP contribution in [0.4, 0.5) is 0 Å². The van der Waals surface area contributed by atoms with E-state index in [2.05, 4.69) is 48.3 Å². The van der Waals surface area contributed by atoms with Crippen LogP contribution in [-0.4, -0.2) is 21.3 Å². The van der Waals surface area contributed by atoms with Gasteiger partial charge in [-0.25, -0.2) is 0 Å². The molecule has 0 amide bonds. The third-order valence-corrected chi connectivity index (χ3v) is 4.90. The molecule has 4 heteroatoms. The molecule has 0 aliphatic rings. The van der Waals surface area contributed by atoms with E-state index in [4.69, 9.17) is 5.11 Å². The Morgan fingerprint density at radius 2 is 1.78 bits per heavy atom. The Hall–Kier alpha value is -2.33. The van der Waals surface area contributed by atoms with E-state index in [0.29, 0.717) is 0 Å². The number of fused-ring (bicyclic) bond motifs is 1. The third kappa shape index (κ3) is 3.37. The molecular formula is C19H17NO2S. The SMILES string of the molecule is Cc1ccc(-c2ccc3nccc(SC(C)C(=O)O)c3c2)cc1. The van der Waals surface area contributed by atoms with Crippen LogP contribution < -0.4 is 0 Å². The number of carbonyl (C=O) groups is 1. The summed E-state index contributed by atoms with van der Waals surface area (Å²) in [6.07, 6.45) is 1.73. The lowest BCUT2D eigenvalue weighted by molar-refractivity contribution is -0.136. The van der Waals surface area contributed by atoms with Crippen LogP contribution in [0.5, 0.6) is 0 Å². The summed E-state index contributed by atoms with van der Waals surface area (Å²) in [6.45, 7) is 3.76. The van der Waals surface area contributed by atoms with Gasteiger partial charge < -0.3 is 5.11 Å². The molecule has 0 radical (unpaired) electrons. The molecule has 1 aromatic heterocycles. The predicted molar refractivity (Wildman–Crippen MR) is 94.9 cm³/mol. The fourth-order valence-electron chi connectivity index (χ4n) is 2.39. The van der Waals surface area contributed by atoms with Gasteiger partial charge in [0.1, 0.15) is 5.25 Å². The van der Waals surface area contributed by atoms with Crippen LogP contribution in [0.2, 0.25) is 0 Å². The van der Waals surface area contributed by atoms with Gasteiger partial charge in [-0.05, 0) is 43.2 Å². The van der Waals surface area contributed by atoms with Crippen molar-refractivity contribution in [3.05, 3.63) is 60.3 Å². The Kier molecular flexibility index (Phi) is 4.35. The quantitative estimate of drug-likeness (QED) is 0.702. The average molecular weight is 323 g/mol.